The van der Waals surface area contributed by atoms with Crippen LogP contribution in [0.25, 0.3) is 110 Å². The van der Waals surface area contributed by atoms with Crippen molar-refractivity contribution in [2.45, 2.75) is 248 Å². The molecule has 146 heavy (non-hydrogen) atoms. The minimum absolute atomic E-state index is 0.0491. The molecule has 4 aliphatic carbocycles. The molecule has 0 saturated carbocycles. The summed E-state index contributed by atoms with van der Waals surface area (Å²) in [6.45, 7) is 36.2. The highest BCUT2D eigenvalue weighted by atomic mass is 16.7. The van der Waals surface area contributed by atoms with Crippen molar-refractivity contribution in [3.63, 3.8) is 0 Å². The van der Waals surface area contributed by atoms with Gasteiger partial charge in [-0.3, -0.25) is 0 Å². The summed E-state index contributed by atoms with van der Waals surface area (Å²) in [5, 5.41) is 9.51. The van der Waals surface area contributed by atoms with Crippen LogP contribution in [0.3, 0.4) is 0 Å². The van der Waals surface area contributed by atoms with Crippen LogP contribution in [0.1, 0.15) is 207 Å². The average Bonchev–Trinajstić information content (AvgIpc) is 0.960. The van der Waals surface area contributed by atoms with Gasteiger partial charge in [0.05, 0.1) is 17.8 Å². The summed E-state index contributed by atoms with van der Waals surface area (Å²) in [5.74, 6) is 11.8. The molecule has 8 aliphatic rings. The quantitative estimate of drug-likeness (QED) is 0.102. The number of ether oxygens (including phenoxy) is 14. The smallest absolute Gasteiger partial charge is 0.231 e. The first kappa shape index (κ1) is 100. The summed E-state index contributed by atoms with van der Waals surface area (Å²) < 4.78 is 84.3. The zero-order chi connectivity index (χ0) is 101. The van der Waals surface area contributed by atoms with Crippen LogP contribution in [0, 0.1) is 0 Å². The Bertz CT molecular complexity index is 7340. The second-order valence-corrected chi connectivity index (χ2v) is 43.4. The van der Waals surface area contributed by atoms with Crippen LogP contribution in [0.2, 0.25) is 0 Å². The predicted octanol–water partition coefficient (Wildman–Crippen LogP) is 33.5. The van der Waals surface area contributed by atoms with Crippen LogP contribution in [0.5, 0.6) is 80.5 Å². The van der Waals surface area contributed by atoms with E-state index >= 15 is 0 Å². The van der Waals surface area contributed by atoms with Gasteiger partial charge in [0.1, 0.15) is 83.3 Å². The fraction of sp³-hybridized carbons (Fsp3) is 0.333. The molecule has 0 aromatic heterocycles. The van der Waals surface area contributed by atoms with Crippen molar-refractivity contribution in [2.75, 3.05) is 40.0 Å². The molecule has 4 aliphatic heterocycles. The molecule has 4 heterocycles. The maximum absolute atomic E-state index is 6.54. The first-order chi connectivity index (χ1) is 70.6. The van der Waals surface area contributed by atoms with Crippen molar-refractivity contribution < 1.29 is 66.3 Å². The van der Waals surface area contributed by atoms with Crippen LogP contribution in [-0.4, -0.2) is 74.6 Å². The van der Waals surface area contributed by atoms with Gasteiger partial charge in [0.25, 0.3) is 0 Å². The second kappa shape index (κ2) is 44.0. The second-order valence-electron chi connectivity index (χ2n) is 43.4. The Morgan fingerprint density at radius 3 is 1.20 bits per heavy atom. The molecule has 0 atom stereocenters. The molecule has 0 unspecified atom stereocenters. The first-order valence-electron chi connectivity index (χ1n) is 52.8. The number of aryl methyl sites for hydroxylation is 4. The van der Waals surface area contributed by atoms with E-state index in [2.05, 4.69) is 295 Å². The van der Waals surface area contributed by atoms with E-state index in [0.717, 1.165) is 133 Å². The number of fused-ring (bicyclic) bond motifs is 12. The van der Waals surface area contributed by atoms with Gasteiger partial charge in [-0.05, 0) is 378 Å². The molecule has 0 radical (unpaired) electrons. The molecule has 14 nitrogen and oxygen atoms in total. The molecular formula is C132H140O14. The SMILES string of the molecule is CC(C)(C)Oc1ccc2c(c1-c1c3c(cc4c1OCCO4)CCCC3)CCCC2.CC(C)(C)Oc1ccc2c(c1-c1cccc3c1CCCC3)CCCC2.CC(C)(C)Oc1ccc2ccccc2c1-c1c2c(cc3ccccc13)OCCO2.CC(C)(C)Oc1ccc2ccccc2c1-c1cccc2ccccc12.CC(C)Oc1ccc2c(c1-c1cccc3c1OCO3)OCO2.CC(C)Oc1ccccc1-c1ccccc1. The summed E-state index contributed by atoms with van der Waals surface area (Å²) in [4.78, 5) is 0. The van der Waals surface area contributed by atoms with Crippen LogP contribution in [-0.2, 0) is 51.4 Å². The Morgan fingerprint density at radius 2 is 0.603 bits per heavy atom. The number of hydrogen-bond donors (Lipinski definition) is 0. The molecule has 752 valence electrons. The van der Waals surface area contributed by atoms with E-state index < -0.39 is 0 Å². The number of para-hydroxylation sites is 2. The number of hydrogen-bond acceptors (Lipinski definition) is 14. The van der Waals surface area contributed by atoms with E-state index in [1.165, 1.54) is 171 Å². The van der Waals surface area contributed by atoms with E-state index in [9.17, 15) is 0 Å². The highest BCUT2D eigenvalue weighted by molar-refractivity contribution is 6.12. The van der Waals surface area contributed by atoms with E-state index in [-0.39, 0.29) is 48.2 Å². The predicted molar refractivity (Wildman–Crippen MR) is 595 cm³/mol. The van der Waals surface area contributed by atoms with Gasteiger partial charge in [-0.25, -0.2) is 0 Å². The summed E-state index contributed by atoms with van der Waals surface area (Å²) in [6, 6.07) is 97.0. The van der Waals surface area contributed by atoms with E-state index in [0.29, 0.717) is 43.7 Å². The van der Waals surface area contributed by atoms with Gasteiger partial charge in [0.2, 0.25) is 13.6 Å². The number of rotatable bonds is 14. The first-order valence-corrected chi connectivity index (χ1v) is 52.8. The standard InChI is InChI=1S/C26H32O3.C26H24O3.C24H30O.C24H22O.C17H16O5.C15H16O/c2*1-26(2,3)29-21-13-12-17-8-4-6-10-19(17)23(21)24-20-11-7-5-9-18(20)16-22-25(24)28-15-14-27-22;2*1-24(2,3)25-22-16-15-18-10-5-7-13-20(18)23(22)21-14-8-11-17-9-4-6-12-19(17)21;1-10(2)22-12-6-7-14-17(21-9-19-14)15(12)11-4-3-5-13-16(11)20-8-18-13;1-12(2)16-15-11-7-6-10-14(15)13-8-4-3-5-9-13/h12-13,16H,4-11,14-15H2,1-3H3;4-13,16H,14-15H2,1-3H3;8,11,14-16H,4-7,9-10,12-13H2,1-3H3;4-16H,1-3H3;3-7,10H,8-9H2,1-2H3;3-12H,1-2H3. The van der Waals surface area contributed by atoms with Gasteiger partial charge in [-0.2, -0.15) is 0 Å². The lowest BCUT2D eigenvalue weighted by Crippen LogP contribution is -2.24. The Kier molecular flexibility index (Phi) is 30.3. The van der Waals surface area contributed by atoms with E-state index in [1.807, 2.05) is 94.4 Å². The molecule has 0 N–H and O–H groups in total. The van der Waals surface area contributed by atoms with Gasteiger partial charge < -0.3 is 66.3 Å². The molecule has 24 rings (SSSR count). The van der Waals surface area contributed by atoms with Crippen LogP contribution >= 0.6 is 0 Å². The lowest BCUT2D eigenvalue weighted by molar-refractivity contribution is 0.131. The third-order valence-electron chi connectivity index (χ3n) is 27.2. The van der Waals surface area contributed by atoms with Crippen LogP contribution in [0.4, 0.5) is 0 Å². The van der Waals surface area contributed by atoms with Gasteiger partial charge in [-0.15, -0.1) is 0 Å². The zero-order valence-corrected chi connectivity index (χ0v) is 88.0. The molecule has 0 saturated heterocycles. The van der Waals surface area contributed by atoms with Crippen LogP contribution < -0.4 is 66.3 Å². The molecule has 0 fully saturated rings. The molecule has 0 bridgehead atoms. The highest BCUT2D eigenvalue weighted by Crippen LogP contribution is 2.57. The maximum Gasteiger partial charge on any atom is 0.231 e. The minimum atomic E-state index is -0.320. The van der Waals surface area contributed by atoms with Gasteiger partial charge in [0, 0.05) is 44.5 Å². The molecule has 16 aromatic rings. The lowest BCUT2D eigenvalue weighted by atomic mass is 9.80. The van der Waals surface area contributed by atoms with Crippen LogP contribution in [0.15, 0.2) is 279 Å². The summed E-state index contributed by atoms with van der Waals surface area (Å²) >= 11 is 0. The van der Waals surface area contributed by atoms with Crippen molar-refractivity contribution in [1.29, 1.82) is 0 Å². The van der Waals surface area contributed by atoms with Gasteiger partial charge in [-0.1, -0.05) is 218 Å². The number of benzene rings is 16. The third kappa shape index (κ3) is 23.0. The fourth-order valence-corrected chi connectivity index (χ4v) is 21.5. The molecule has 0 spiro atoms. The normalized spacial score (nSPS) is 14.5. The third-order valence-corrected chi connectivity index (χ3v) is 27.2. The molecule has 16 aromatic carbocycles. The molecule has 14 heteroatoms. The monoisotopic (exact) mass is 1950 g/mol. The van der Waals surface area contributed by atoms with E-state index in [1.54, 1.807) is 16.7 Å². The van der Waals surface area contributed by atoms with E-state index in [4.69, 9.17) is 66.3 Å². The maximum atomic E-state index is 6.54. The minimum Gasteiger partial charge on any atom is -0.490 e. The summed E-state index contributed by atoms with van der Waals surface area (Å²) in [6.07, 6.45) is 19.9. The summed E-state index contributed by atoms with van der Waals surface area (Å²) in [5.41, 5.74) is 25.0. The molecular weight excluding hydrogens is 1810 g/mol. The highest BCUT2D eigenvalue weighted by Gasteiger charge is 2.36. The summed E-state index contributed by atoms with van der Waals surface area (Å²) in [7, 11) is 0. The Hall–Kier alpha value is -14.2. The van der Waals surface area contributed by atoms with Crippen molar-refractivity contribution >= 4 is 43.1 Å². The van der Waals surface area contributed by atoms with Crippen molar-refractivity contribution in [2.24, 2.45) is 0 Å². The Labute approximate surface area is 862 Å². The van der Waals surface area contributed by atoms with Crippen molar-refractivity contribution in [1.82, 2.24) is 0 Å². The molecule has 0 amide bonds. The van der Waals surface area contributed by atoms with Crippen molar-refractivity contribution in [3.05, 3.63) is 324 Å². The largest absolute Gasteiger partial charge is 0.490 e. The lowest BCUT2D eigenvalue weighted by Gasteiger charge is -2.32. The average molecular weight is 1950 g/mol. The van der Waals surface area contributed by atoms with Crippen molar-refractivity contribution in [3.8, 4) is 147 Å². The van der Waals surface area contributed by atoms with Gasteiger partial charge >= 0.3 is 0 Å². The zero-order valence-electron chi connectivity index (χ0n) is 88.0. The fourth-order valence-electron chi connectivity index (χ4n) is 21.5. The topological polar surface area (TPSA) is 129 Å². The Morgan fingerprint density at radius 1 is 0.219 bits per heavy atom. The Balaban J connectivity index is 0.000000111. The van der Waals surface area contributed by atoms with Gasteiger partial charge in [0.15, 0.2) is 46.0 Å².